The summed E-state index contributed by atoms with van der Waals surface area (Å²) in [7, 11) is 5.66. The highest BCUT2D eigenvalue weighted by Crippen LogP contribution is 2.24. The fraction of sp³-hybridized carbons (Fsp3) is 0.500. The third-order valence-corrected chi connectivity index (χ3v) is 4.40. The molecule has 0 aliphatic carbocycles. The second-order valence-electron chi connectivity index (χ2n) is 7.07. The van der Waals surface area contributed by atoms with Crippen molar-refractivity contribution in [3.63, 3.8) is 0 Å². The first-order chi connectivity index (χ1) is 12.3. The predicted molar refractivity (Wildman–Crippen MR) is 102 cm³/mol. The maximum Gasteiger partial charge on any atom is 0.277 e. The van der Waals surface area contributed by atoms with Crippen molar-refractivity contribution in [3.05, 3.63) is 24.3 Å². The first-order valence-electron chi connectivity index (χ1n) is 8.31. The van der Waals surface area contributed by atoms with Crippen molar-refractivity contribution < 1.29 is 13.9 Å². The molecule has 1 N–H and O–H groups in total. The number of hydrogen-bond donors (Lipinski definition) is 1. The second-order valence-corrected chi connectivity index (χ2v) is 8.00. The van der Waals surface area contributed by atoms with Gasteiger partial charge >= 0.3 is 0 Å². The number of hydrogen-bond acceptors (Lipinski definition) is 7. The largest absolute Gasteiger partial charge is 0.497 e. The number of nitrogens with one attached hydrogen (secondary N) is 1. The van der Waals surface area contributed by atoms with Crippen LogP contribution in [-0.4, -0.2) is 61.1 Å². The predicted octanol–water partition coefficient (Wildman–Crippen LogP) is 2.54. The van der Waals surface area contributed by atoms with E-state index in [2.05, 4.69) is 34.3 Å². The summed E-state index contributed by atoms with van der Waals surface area (Å²) >= 11 is 1.23. The molecule has 0 spiro atoms. The van der Waals surface area contributed by atoms with Gasteiger partial charge in [0.1, 0.15) is 5.75 Å². The van der Waals surface area contributed by atoms with Crippen LogP contribution in [0.2, 0.25) is 0 Å². The topological polar surface area (TPSA) is 80.5 Å². The van der Waals surface area contributed by atoms with Crippen LogP contribution in [0.25, 0.3) is 11.5 Å². The van der Waals surface area contributed by atoms with Crippen LogP contribution in [0.5, 0.6) is 5.75 Å². The summed E-state index contributed by atoms with van der Waals surface area (Å²) in [6.07, 6.45) is 0. The van der Waals surface area contributed by atoms with Gasteiger partial charge in [0.05, 0.1) is 12.9 Å². The minimum Gasteiger partial charge on any atom is -0.497 e. The number of carbonyl (C=O) groups excluding carboxylic acids is 1. The molecule has 0 atom stereocenters. The molecule has 0 fully saturated rings. The third kappa shape index (κ3) is 6.34. The highest BCUT2D eigenvalue weighted by atomic mass is 32.2. The van der Waals surface area contributed by atoms with E-state index in [0.29, 0.717) is 17.7 Å². The molecule has 26 heavy (non-hydrogen) atoms. The Hall–Kier alpha value is -2.06. The van der Waals surface area contributed by atoms with E-state index in [9.17, 15) is 4.79 Å². The summed E-state index contributed by atoms with van der Waals surface area (Å²) in [5.41, 5.74) is 0.815. The molecule has 2 aromatic rings. The van der Waals surface area contributed by atoms with Crippen LogP contribution in [-0.2, 0) is 4.79 Å². The normalized spacial score (nSPS) is 11.6. The van der Waals surface area contributed by atoms with Crippen molar-refractivity contribution in [2.75, 3.05) is 40.0 Å². The van der Waals surface area contributed by atoms with E-state index in [1.165, 1.54) is 11.8 Å². The van der Waals surface area contributed by atoms with Gasteiger partial charge in [-0.2, -0.15) is 0 Å². The van der Waals surface area contributed by atoms with E-state index in [-0.39, 0.29) is 17.1 Å². The van der Waals surface area contributed by atoms with E-state index in [1.807, 2.05) is 38.4 Å². The molecule has 0 saturated heterocycles. The minimum absolute atomic E-state index is 0.00977. The van der Waals surface area contributed by atoms with E-state index in [0.717, 1.165) is 17.9 Å². The van der Waals surface area contributed by atoms with Gasteiger partial charge in [-0.25, -0.2) is 0 Å². The number of amides is 1. The molecule has 8 heteroatoms. The number of aromatic nitrogens is 2. The molecule has 0 unspecified atom stereocenters. The van der Waals surface area contributed by atoms with Crippen LogP contribution < -0.4 is 10.1 Å². The van der Waals surface area contributed by atoms with Crippen LogP contribution in [0.1, 0.15) is 13.8 Å². The summed E-state index contributed by atoms with van der Waals surface area (Å²) in [4.78, 5) is 14.2. The van der Waals surface area contributed by atoms with Gasteiger partial charge in [-0.05, 0) is 43.8 Å². The maximum atomic E-state index is 12.0. The molecule has 1 heterocycles. The molecular formula is C18H26N4O3S. The summed E-state index contributed by atoms with van der Waals surface area (Å²) in [6, 6.07) is 7.35. The Morgan fingerprint density at radius 3 is 2.58 bits per heavy atom. The summed E-state index contributed by atoms with van der Waals surface area (Å²) in [6.45, 7) is 5.76. The lowest BCUT2D eigenvalue weighted by molar-refractivity contribution is -0.119. The molecular weight excluding hydrogens is 352 g/mol. The lowest BCUT2D eigenvalue weighted by Crippen LogP contribution is -2.40. The molecule has 1 aromatic heterocycles. The summed E-state index contributed by atoms with van der Waals surface area (Å²) < 4.78 is 10.7. The zero-order valence-electron chi connectivity index (χ0n) is 15.9. The number of nitrogens with zero attached hydrogens (tertiary/aromatic N) is 3. The Balaban J connectivity index is 1.82. The summed E-state index contributed by atoms with van der Waals surface area (Å²) in [5.74, 6) is 1.37. The van der Waals surface area contributed by atoms with Gasteiger partial charge in [0.25, 0.3) is 5.22 Å². The van der Waals surface area contributed by atoms with Gasteiger partial charge in [-0.1, -0.05) is 25.6 Å². The molecule has 7 nitrogen and oxygen atoms in total. The number of ether oxygens (including phenoxy) is 1. The smallest absolute Gasteiger partial charge is 0.277 e. The average Bonchev–Trinajstić information content (AvgIpc) is 3.06. The number of benzene rings is 1. The molecule has 0 aliphatic heterocycles. The highest BCUT2D eigenvalue weighted by molar-refractivity contribution is 7.99. The molecule has 0 radical (unpaired) electrons. The van der Waals surface area contributed by atoms with Crippen molar-refractivity contribution in [3.8, 4) is 17.2 Å². The van der Waals surface area contributed by atoms with Crippen LogP contribution in [0.15, 0.2) is 33.9 Å². The zero-order valence-corrected chi connectivity index (χ0v) is 16.7. The lowest BCUT2D eigenvalue weighted by Gasteiger charge is -2.28. The quantitative estimate of drug-likeness (QED) is 0.672. The van der Waals surface area contributed by atoms with Gasteiger partial charge in [-0.15, -0.1) is 10.2 Å². The Labute approximate surface area is 158 Å². The van der Waals surface area contributed by atoms with Crippen molar-refractivity contribution in [1.82, 2.24) is 20.4 Å². The molecule has 142 valence electrons. The summed E-state index contributed by atoms with van der Waals surface area (Å²) in [5, 5.41) is 11.3. The van der Waals surface area contributed by atoms with Crippen LogP contribution >= 0.6 is 11.8 Å². The van der Waals surface area contributed by atoms with Crippen molar-refractivity contribution in [1.29, 1.82) is 0 Å². The number of methoxy groups -OCH3 is 1. The Morgan fingerprint density at radius 2 is 1.96 bits per heavy atom. The lowest BCUT2D eigenvalue weighted by atomic mass is 9.93. The highest BCUT2D eigenvalue weighted by Gasteiger charge is 2.20. The van der Waals surface area contributed by atoms with Crippen LogP contribution in [0.3, 0.4) is 0 Å². The van der Waals surface area contributed by atoms with Crippen molar-refractivity contribution in [2.24, 2.45) is 5.41 Å². The SMILES string of the molecule is COc1ccc(-c2nnc(SCC(=O)NCC(C)(C)CN(C)C)o2)cc1. The molecule has 0 saturated carbocycles. The van der Waals surface area contributed by atoms with Crippen LogP contribution in [0.4, 0.5) is 0 Å². The van der Waals surface area contributed by atoms with E-state index in [1.54, 1.807) is 7.11 Å². The standard InChI is InChI=1S/C18H26N4O3S/c1-18(2,12-22(3)4)11-19-15(23)10-26-17-21-20-16(25-17)13-6-8-14(24-5)9-7-13/h6-9H,10-12H2,1-5H3,(H,19,23). The Bertz CT molecular complexity index is 713. The van der Waals surface area contributed by atoms with E-state index >= 15 is 0 Å². The monoisotopic (exact) mass is 378 g/mol. The molecule has 0 bridgehead atoms. The number of carbonyl (C=O) groups is 1. The van der Waals surface area contributed by atoms with E-state index in [4.69, 9.17) is 9.15 Å². The van der Waals surface area contributed by atoms with Gasteiger partial charge in [0.2, 0.25) is 11.8 Å². The van der Waals surface area contributed by atoms with Gasteiger partial charge in [0, 0.05) is 18.7 Å². The van der Waals surface area contributed by atoms with Gasteiger partial charge in [0.15, 0.2) is 0 Å². The second kappa shape index (κ2) is 9.05. The zero-order chi connectivity index (χ0) is 19.2. The molecule has 1 amide bonds. The first-order valence-corrected chi connectivity index (χ1v) is 9.30. The fourth-order valence-electron chi connectivity index (χ4n) is 2.55. The first kappa shape index (κ1) is 20.3. The number of thioether (sulfide) groups is 1. The van der Waals surface area contributed by atoms with Gasteiger partial charge in [-0.3, -0.25) is 4.79 Å². The van der Waals surface area contributed by atoms with Gasteiger partial charge < -0.3 is 19.4 Å². The molecule has 0 aliphatic rings. The third-order valence-electron chi connectivity index (χ3n) is 3.58. The molecule has 2 rings (SSSR count). The van der Waals surface area contributed by atoms with E-state index < -0.39 is 0 Å². The van der Waals surface area contributed by atoms with Crippen molar-refractivity contribution in [2.45, 2.75) is 19.1 Å². The fourth-order valence-corrected chi connectivity index (χ4v) is 3.14. The maximum absolute atomic E-state index is 12.0. The van der Waals surface area contributed by atoms with Crippen LogP contribution in [0, 0.1) is 5.41 Å². The minimum atomic E-state index is -0.0500. The Kier molecular flexibility index (Phi) is 7.05. The Morgan fingerprint density at radius 1 is 1.27 bits per heavy atom. The molecule has 1 aromatic carbocycles. The average molecular weight is 378 g/mol. The van der Waals surface area contributed by atoms with Crippen molar-refractivity contribution >= 4 is 17.7 Å². The number of rotatable bonds is 9.